The molecule has 0 unspecified atom stereocenters. The highest BCUT2D eigenvalue weighted by Gasteiger charge is 2.18. The van der Waals surface area contributed by atoms with Gasteiger partial charge in [-0.15, -0.1) is 11.3 Å². The molecule has 0 aliphatic carbocycles. The van der Waals surface area contributed by atoms with Gasteiger partial charge in [0.15, 0.2) is 0 Å². The third-order valence-corrected chi connectivity index (χ3v) is 6.00. The zero-order chi connectivity index (χ0) is 17.2. The number of aryl methyl sites for hydroxylation is 1. The van der Waals surface area contributed by atoms with Gasteiger partial charge in [-0.3, -0.25) is 9.52 Å². The van der Waals surface area contributed by atoms with Crippen LogP contribution in [-0.4, -0.2) is 23.2 Å². The summed E-state index contributed by atoms with van der Waals surface area (Å²) >= 11 is 1.08. The quantitative estimate of drug-likeness (QED) is 0.751. The van der Waals surface area contributed by atoms with Crippen molar-refractivity contribution in [3.63, 3.8) is 0 Å². The monoisotopic (exact) mass is 362 g/mol. The molecule has 3 rings (SSSR count). The van der Waals surface area contributed by atoms with Crippen molar-refractivity contribution in [2.24, 2.45) is 0 Å². The van der Waals surface area contributed by atoms with Crippen LogP contribution in [0.5, 0.6) is 0 Å². The molecule has 0 amide bonds. The molecule has 124 valence electrons. The lowest BCUT2D eigenvalue weighted by Crippen LogP contribution is -2.20. The Balaban J connectivity index is 1.91. The largest absolute Gasteiger partial charge is 0.272 e. The summed E-state index contributed by atoms with van der Waals surface area (Å²) in [6.07, 6.45) is 1.51. The van der Waals surface area contributed by atoms with Crippen LogP contribution in [0.3, 0.4) is 0 Å². The predicted octanol–water partition coefficient (Wildman–Crippen LogP) is 2.19. The van der Waals surface area contributed by atoms with E-state index in [2.05, 4.69) is 14.8 Å². The second kappa shape index (κ2) is 6.54. The molecule has 0 aromatic carbocycles. The first-order chi connectivity index (χ1) is 11.5. The number of nitrogens with one attached hydrogen (secondary N) is 1. The molecular formula is C15H14N4O3S2. The summed E-state index contributed by atoms with van der Waals surface area (Å²) in [6.45, 7) is 2.27. The van der Waals surface area contributed by atoms with E-state index in [1.807, 2.05) is 6.92 Å². The Morgan fingerprint density at radius 2 is 2.08 bits per heavy atom. The number of rotatable bonds is 5. The summed E-state index contributed by atoms with van der Waals surface area (Å²) in [5.41, 5.74) is 0.997. The van der Waals surface area contributed by atoms with E-state index in [4.69, 9.17) is 0 Å². The van der Waals surface area contributed by atoms with Crippen molar-refractivity contribution in [3.05, 3.63) is 58.3 Å². The number of aromatic nitrogens is 3. The van der Waals surface area contributed by atoms with E-state index in [0.717, 1.165) is 11.3 Å². The van der Waals surface area contributed by atoms with Crippen LogP contribution in [0, 0.1) is 0 Å². The second-order valence-electron chi connectivity index (χ2n) is 4.85. The summed E-state index contributed by atoms with van der Waals surface area (Å²) < 4.78 is 28.7. The van der Waals surface area contributed by atoms with Crippen LogP contribution in [0.1, 0.15) is 6.92 Å². The normalized spacial score (nSPS) is 11.4. The molecular weight excluding hydrogens is 348 g/mol. The van der Waals surface area contributed by atoms with Gasteiger partial charge < -0.3 is 0 Å². The topological polar surface area (TPSA) is 93.9 Å². The first-order valence-electron chi connectivity index (χ1n) is 7.10. The van der Waals surface area contributed by atoms with Crippen LogP contribution in [-0.2, 0) is 16.6 Å². The Morgan fingerprint density at radius 1 is 1.25 bits per heavy atom. The zero-order valence-electron chi connectivity index (χ0n) is 12.7. The van der Waals surface area contributed by atoms with E-state index in [0.29, 0.717) is 17.8 Å². The highest BCUT2D eigenvalue weighted by molar-refractivity contribution is 7.94. The van der Waals surface area contributed by atoms with E-state index in [-0.39, 0.29) is 15.6 Å². The molecule has 0 aliphatic rings. The lowest BCUT2D eigenvalue weighted by molar-refractivity contribution is 0.603. The molecule has 24 heavy (non-hydrogen) atoms. The molecule has 0 fully saturated rings. The smallest absolute Gasteiger partial charge is 0.268 e. The molecule has 0 bridgehead atoms. The van der Waals surface area contributed by atoms with Crippen LogP contribution < -0.4 is 10.3 Å². The van der Waals surface area contributed by atoms with Gasteiger partial charge in [0.25, 0.3) is 15.6 Å². The molecule has 0 saturated carbocycles. The Bertz CT molecular complexity index is 1010. The molecule has 0 radical (unpaired) electrons. The van der Waals surface area contributed by atoms with E-state index in [1.165, 1.54) is 23.0 Å². The molecule has 9 heteroatoms. The van der Waals surface area contributed by atoms with Gasteiger partial charge in [-0.05, 0) is 31.2 Å². The highest BCUT2D eigenvalue weighted by atomic mass is 32.2. The maximum absolute atomic E-state index is 12.4. The molecule has 0 atom stereocenters. The van der Waals surface area contributed by atoms with Crippen molar-refractivity contribution in [2.75, 3.05) is 4.72 Å². The minimum absolute atomic E-state index is 0.152. The van der Waals surface area contributed by atoms with Crippen molar-refractivity contribution in [1.82, 2.24) is 14.8 Å². The Morgan fingerprint density at radius 3 is 2.79 bits per heavy atom. The molecule has 1 N–H and O–H groups in total. The number of pyridine rings is 1. The number of anilines is 1. The number of hydrogen-bond acceptors (Lipinski definition) is 6. The first kappa shape index (κ1) is 16.3. The average Bonchev–Trinajstić information content (AvgIpc) is 3.07. The van der Waals surface area contributed by atoms with Crippen LogP contribution in [0.4, 0.5) is 5.82 Å². The van der Waals surface area contributed by atoms with Crippen LogP contribution in [0.25, 0.3) is 11.3 Å². The SMILES string of the molecule is CCn1nc(-c2csc(S(=O)(=O)Nc3ccccn3)c2)ccc1=O. The van der Waals surface area contributed by atoms with Gasteiger partial charge in [-0.25, -0.2) is 18.1 Å². The summed E-state index contributed by atoms with van der Waals surface area (Å²) in [5.74, 6) is 0.255. The van der Waals surface area contributed by atoms with Gasteiger partial charge in [-0.1, -0.05) is 6.07 Å². The van der Waals surface area contributed by atoms with Crippen LogP contribution in [0.2, 0.25) is 0 Å². The number of thiophene rings is 1. The third-order valence-electron chi connectivity index (χ3n) is 3.21. The van der Waals surface area contributed by atoms with E-state index < -0.39 is 10.0 Å². The van der Waals surface area contributed by atoms with Gasteiger partial charge in [0.1, 0.15) is 10.0 Å². The van der Waals surface area contributed by atoms with Crippen molar-refractivity contribution >= 4 is 27.2 Å². The summed E-state index contributed by atoms with van der Waals surface area (Å²) in [6, 6.07) is 9.51. The number of hydrogen-bond donors (Lipinski definition) is 1. The Labute approximate surface area is 142 Å². The second-order valence-corrected chi connectivity index (χ2v) is 7.67. The predicted molar refractivity (Wildman–Crippen MR) is 92.5 cm³/mol. The molecule has 3 aromatic rings. The lowest BCUT2D eigenvalue weighted by atomic mass is 10.2. The fourth-order valence-electron chi connectivity index (χ4n) is 2.03. The number of nitrogens with zero attached hydrogens (tertiary/aromatic N) is 3. The Hall–Kier alpha value is -2.52. The Kier molecular flexibility index (Phi) is 4.45. The molecule has 0 aliphatic heterocycles. The lowest BCUT2D eigenvalue weighted by Gasteiger charge is -2.04. The van der Waals surface area contributed by atoms with Crippen molar-refractivity contribution in [1.29, 1.82) is 0 Å². The summed E-state index contributed by atoms with van der Waals surface area (Å²) in [4.78, 5) is 15.5. The van der Waals surface area contributed by atoms with Crippen molar-refractivity contribution in [2.45, 2.75) is 17.7 Å². The minimum atomic E-state index is -3.71. The van der Waals surface area contributed by atoms with Gasteiger partial charge in [0, 0.05) is 29.8 Å². The van der Waals surface area contributed by atoms with Gasteiger partial charge in [-0.2, -0.15) is 5.10 Å². The van der Waals surface area contributed by atoms with Gasteiger partial charge in [0.05, 0.1) is 5.69 Å². The summed E-state index contributed by atoms with van der Waals surface area (Å²) in [5, 5.41) is 5.92. The molecule has 3 aromatic heterocycles. The van der Waals surface area contributed by atoms with Crippen LogP contribution in [0.15, 0.2) is 57.0 Å². The van der Waals surface area contributed by atoms with E-state index in [1.54, 1.807) is 29.6 Å². The highest BCUT2D eigenvalue weighted by Crippen LogP contribution is 2.27. The van der Waals surface area contributed by atoms with Crippen LogP contribution >= 0.6 is 11.3 Å². The number of sulfonamides is 1. The zero-order valence-corrected chi connectivity index (χ0v) is 14.3. The van der Waals surface area contributed by atoms with E-state index in [9.17, 15) is 13.2 Å². The maximum Gasteiger partial charge on any atom is 0.272 e. The fourth-order valence-corrected chi connectivity index (χ4v) is 4.21. The molecule has 7 nitrogen and oxygen atoms in total. The summed E-state index contributed by atoms with van der Waals surface area (Å²) in [7, 11) is -3.71. The maximum atomic E-state index is 12.4. The average molecular weight is 362 g/mol. The third kappa shape index (κ3) is 3.36. The molecule has 0 saturated heterocycles. The van der Waals surface area contributed by atoms with Crippen molar-refractivity contribution < 1.29 is 8.42 Å². The molecule has 3 heterocycles. The van der Waals surface area contributed by atoms with Gasteiger partial charge in [0.2, 0.25) is 0 Å². The van der Waals surface area contributed by atoms with Gasteiger partial charge >= 0.3 is 0 Å². The van der Waals surface area contributed by atoms with E-state index >= 15 is 0 Å². The fraction of sp³-hybridized carbons (Fsp3) is 0.133. The molecule has 0 spiro atoms. The minimum Gasteiger partial charge on any atom is -0.268 e. The first-order valence-corrected chi connectivity index (χ1v) is 9.47. The van der Waals surface area contributed by atoms with Crippen molar-refractivity contribution in [3.8, 4) is 11.3 Å². The standard InChI is InChI=1S/C15H14N4O3S2/c1-2-19-14(20)7-6-12(17-19)11-9-15(23-10-11)24(21,22)18-13-5-3-4-8-16-13/h3-10H,2H2,1H3,(H,16,18).